The number of hydrogen-bond acceptors (Lipinski definition) is 4. The van der Waals surface area contributed by atoms with Gasteiger partial charge in [-0.1, -0.05) is 17.7 Å². The lowest BCUT2D eigenvalue weighted by Crippen LogP contribution is -2.09. The second kappa shape index (κ2) is 7.06. The highest BCUT2D eigenvalue weighted by molar-refractivity contribution is 7.10. The van der Waals surface area contributed by atoms with Crippen molar-refractivity contribution in [3.8, 4) is 0 Å². The standard InChI is InChI=1S/C15H12ClNO3S/c1-20-15(19)10-4-6-12(16)13(9-10)17-14(18)7-5-11-3-2-8-21-11/h2-9H,1H3,(H,17,18)/b7-5+. The van der Waals surface area contributed by atoms with Gasteiger partial charge < -0.3 is 10.1 Å². The Kier molecular flexibility index (Phi) is 5.14. The van der Waals surface area contributed by atoms with Crippen LogP contribution in [-0.2, 0) is 9.53 Å². The van der Waals surface area contributed by atoms with E-state index in [9.17, 15) is 9.59 Å². The summed E-state index contributed by atoms with van der Waals surface area (Å²) in [5.74, 6) is -0.816. The molecule has 0 fully saturated rings. The molecule has 0 aliphatic heterocycles. The van der Waals surface area contributed by atoms with Gasteiger partial charge in [-0.05, 0) is 35.7 Å². The van der Waals surface area contributed by atoms with E-state index < -0.39 is 5.97 Å². The number of methoxy groups -OCH3 is 1. The summed E-state index contributed by atoms with van der Waals surface area (Å²) in [7, 11) is 1.29. The summed E-state index contributed by atoms with van der Waals surface area (Å²) in [6, 6.07) is 8.35. The van der Waals surface area contributed by atoms with Crippen LogP contribution in [0.3, 0.4) is 0 Å². The van der Waals surface area contributed by atoms with Crippen molar-refractivity contribution in [1.29, 1.82) is 0 Å². The van der Waals surface area contributed by atoms with E-state index in [4.69, 9.17) is 11.6 Å². The molecule has 0 aliphatic carbocycles. The van der Waals surface area contributed by atoms with Crippen LogP contribution in [0.2, 0.25) is 5.02 Å². The fourth-order valence-corrected chi connectivity index (χ4v) is 2.37. The topological polar surface area (TPSA) is 55.4 Å². The smallest absolute Gasteiger partial charge is 0.337 e. The second-order valence-corrected chi connectivity index (χ2v) is 5.41. The van der Waals surface area contributed by atoms with Gasteiger partial charge in [0.25, 0.3) is 0 Å². The van der Waals surface area contributed by atoms with Gasteiger partial charge in [0, 0.05) is 11.0 Å². The fourth-order valence-electron chi connectivity index (χ4n) is 1.58. The Morgan fingerprint density at radius 2 is 2.14 bits per heavy atom. The van der Waals surface area contributed by atoms with Gasteiger partial charge in [-0.15, -0.1) is 11.3 Å². The maximum absolute atomic E-state index is 11.8. The molecule has 0 spiro atoms. The van der Waals surface area contributed by atoms with Gasteiger partial charge in [0.05, 0.1) is 23.4 Å². The van der Waals surface area contributed by atoms with Crippen LogP contribution in [0, 0.1) is 0 Å². The Bertz CT molecular complexity index is 680. The van der Waals surface area contributed by atoms with E-state index >= 15 is 0 Å². The second-order valence-electron chi connectivity index (χ2n) is 4.02. The first-order chi connectivity index (χ1) is 10.1. The highest BCUT2D eigenvalue weighted by Crippen LogP contribution is 2.23. The van der Waals surface area contributed by atoms with Gasteiger partial charge in [-0.2, -0.15) is 0 Å². The van der Waals surface area contributed by atoms with Crippen LogP contribution in [-0.4, -0.2) is 19.0 Å². The number of rotatable bonds is 4. The molecule has 4 nitrogen and oxygen atoms in total. The zero-order valence-corrected chi connectivity index (χ0v) is 12.7. The van der Waals surface area contributed by atoms with Gasteiger partial charge in [0.1, 0.15) is 0 Å². The van der Waals surface area contributed by atoms with Crippen LogP contribution in [0.4, 0.5) is 5.69 Å². The van der Waals surface area contributed by atoms with E-state index in [1.807, 2.05) is 17.5 Å². The van der Waals surface area contributed by atoms with Crippen molar-refractivity contribution in [3.05, 3.63) is 57.3 Å². The number of thiophene rings is 1. The van der Waals surface area contributed by atoms with E-state index in [1.165, 1.54) is 42.7 Å². The number of carbonyl (C=O) groups excluding carboxylic acids is 2. The van der Waals surface area contributed by atoms with Crippen molar-refractivity contribution in [3.63, 3.8) is 0 Å². The first-order valence-electron chi connectivity index (χ1n) is 6.00. The zero-order valence-electron chi connectivity index (χ0n) is 11.1. The number of amides is 1. The third-order valence-electron chi connectivity index (χ3n) is 2.59. The Morgan fingerprint density at radius 1 is 1.33 bits per heavy atom. The van der Waals surface area contributed by atoms with Gasteiger partial charge in [0.15, 0.2) is 0 Å². The van der Waals surface area contributed by atoms with E-state index in [0.29, 0.717) is 16.3 Å². The number of ether oxygens (including phenoxy) is 1. The monoisotopic (exact) mass is 321 g/mol. The maximum atomic E-state index is 11.8. The van der Waals surface area contributed by atoms with E-state index in [1.54, 1.807) is 6.08 Å². The molecule has 1 amide bonds. The summed E-state index contributed by atoms with van der Waals surface area (Å²) in [5.41, 5.74) is 0.680. The third kappa shape index (κ3) is 4.18. The first kappa shape index (κ1) is 15.3. The summed E-state index contributed by atoms with van der Waals surface area (Å²) >= 11 is 7.53. The first-order valence-corrected chi connectivity index (χ1v) is 7.26. The number of benzene rings is 1. The molecule has 0 bridgehead atoms. The normalized spacial score (nSPS) is 10.6. The molecule has 0 atom stereocenters. The van der Waals surface area contributed by atoms with Crippen molar-refractivity contribution in [2.45, 2.75) is 0 Å². The summed E-state index contributed by atoms with van der Waals surface area (Å²) in [6.07, 6.45) is 3.12. The largest absolute Gasteiger partial charge is 0.465 e. The average Bonchev–Trinajstić information content (AvgIpc) is 3.00. The minimum Gasteiger partial charge on any atom is -0.465 e. The lowest BCUT2D eigenvalue weighted by Gasteiger charge is -2.07. The molecule has 2 aromatic rings. The summed E-state index contributed by atoms with van der Waals surface area (Å²) < 4.78 is 4.63. The molecule has 21 heavy (non-hydrogen) atoms. The highest BCUT2D eigenvalue weighted by atomic mass is 35.5. The number of anilines is 1. The van der Waals surface area contributed by atoms with Crippen LogP contribution in [0.5, 0.6) is 0 Å². The van der Waals surface area contributed by atoms with Crippen LogP contribution in [0.15, 0.2) is 41.8 Å². The van der Waals surface area contributed by atoms with E-state index in [-0.39, 0.29) is 5.91 Å². The molecule has 1 aromatic heterocycles. The Balaban J connectivity index is 2.11. The van der Waals surface area contributed by atoms with Crippen LogP contribution >= 0.6 is 22.9 Å². The molecule has 108 valence electrons. The molecule has 1 aromatic carbocycles. The van der Waals surface area contributed by atoms with Gasteiger partial charge >= 0.3 is 5.97 Å². The predicted octanol–water partition coefficient (Wildman–Crippen LogP) is 3.84. The number of hydrogen-bond donors (Lipinski definition) is 1. The van der Waals surface area contributed by atoms with Crippen molar-refractivity contribution in [2.24, 2.45) is 0 Å². The van der Waals surface area contributed by atoms with E-state index in [2.05, 4.69) is 10.1 Å². The van der Waals surface area contributed by atoms with Crippen LogP contribution in [0.25, 0.3) is 6.08 Å². The van der Waals surface area contributed by atoms with Crippen LogP contribution < -0.4 is 5.32 Å². The van der Waals surface area contributed by atoms with Gasteiger partial charge in [-0.3, -0.25) is 4.79 Å². The fraction of sp³-hybridized carbons (Fsp3) is 0.0667. The SMILES string of the molecule is COC(=O)c1ccc(Cl)c(NC(=O)/C=C/c2cccs2)c1. The zero-order chi connectivity index (χ0) is 15.2. The lowest BCUT2D eigenvalue weighted by atomic mass is 10.2. The Morgan fingerprint density at radius 3 is 2.81 bits per heavy atom. The molecule has 2 rings (SSSR count). The predicted molar refractivity (Wildman–Crippen MR) is 84.8 cm³/mol. The quantitative estimate of drug-likeness (QED) is 0.687. The summed E-state index contributed by atoms with van der Waals surface area (Å²) in [6.45, 7) is 0. The minimum atomic E-state index is -0.490. The third-order valence-corrected chi connectivity index (χ3v) is 3.75. The molecule has 1 heterocycles. The van der Waals surface area contributed by atoms with E-state index in [0.717, 1.165) is 4.88 Å². The number of carbonyl (C=O) groups is 2. The van der Waals surface area contributed by atoms with Crippen molar-refractivity contribution in [2.75, 3.05) is 12.4 Å². The maximum Gasteiger partial charge on any atom is 0.337 e. The van der Waals surface area contributed by atoms with Gasteiger partial charge in [0.2, 0.25) is 5.91 Å². The molecular formula is C15H12ClNO3S. The minimum absolute atomic E-state index is 0.319. The molecule has 0 saturated carbocycles. The number of esters is 1. The molecule has 0 radical (unpaired) electrons. The lowest BCUT2D eigenvalue weighted by molar-refractivity contribution is -0.111. The number of nitrogens with one attached hydrogen (secondary N) is 1. The molecule has 6 heteroatoms. The molecule has 0 unspecified atom stereocenters. The number of halogens is 1. The Hall–Kier alpha value is -2.11. The summed E-state index contributed by atoms with van der Waals surface area (Å²) in [5, 5.41) is 4.90. The Labute approximate surface area is 131 Å². The van der Waals surface area contributed by atoms with Crippen LogP contribution in [0.1, 0.15) is 15.2 Å². The molecule has 0 saturated heterocycles. The molecular weight excluding hydrogens is 310 g/mol. The van der Waals surface area contributed by atoms with Crippen molar-refractivity contribution in [1.82, 2.24) is 0 Å². The van der Waals surface area contributed by atoms with Crippen molar-refractivity contribution < 1.29 is 14.3 Å². The summed E-state index contributed by atoms with van der Waals surface area (Å²) in [4.78, 5) is 24.3. The highest BCUT2D eigenvalue weighted by Gasteiger charge is 2.10. The molecule has 1 N–H and O–H groups in total. The van der Waals surface area contributed by atoms with Crippen molar-refractivity contribution >= 4 is 46.6 Å². The molecule has 0 aliphatic rings. The average molecular weight is 322 g/mol. The van der Waals surface area contributed by atoms with Gasteiger partial charge in [-0.25, -0.2) is 4.79 Å².